The van der Waals surface area contributed by atoms with Crippen LogP contribution in [-0.2, 0) is 12.4 Å². The number of hydrogen-bond donors (Lipinski definition) is 1. The Hall–Kier alpha value is -2.98. The molecule has 1 heterocycles. The maximum Gasteiger partial charge on any atom is 0.416 e. The number of alkyl halides is 6. The lowest BCUT2D eigenvalue weighted by Crippen LogP contribution is -2.11. The van der Waals surface area contributed by atoms with Crippen LogP contribution in [-0.4, -0.2) is 10.2 Å². The standard InChI is InChI=1S/C17H8F6N4OS2/c18-16(19,20)10-4-11(17(21,22)23)6-13(5-10)28-12-1-2-14(9(3-12)7-24)30-27-15-26-25-8-29-15/h1-6,8H,(H,26,27). The van der Waals surface area contributed by atoms with Gasteiger partial charge in [-0.05, 0) is 48.3 Å². The van der Waals surface area contributed by atoms with E-state index < -0.39 is 29.2 Å². The number of nitrogens with one attached hydrogen (secondary N) is 1. The summed E-state index contributed by atoms with van der Waals surface area (Å²) in [5.41, 5.74) is -1.41. The summed E-state index contributed by atoms with van der Waals surface area (Å²) in [6.07, 6.45) is -9.98. The summed E-state index contributed by atoms with van der Waals surface area (Å²) in [5.74, 6) is -0.757. The van der Waals surface area contributed by atoms with Gasteiger partial charge in [-0.2, -0.15) is 31.6 Å². The van der Waals surface area contributed by atoms with Gasteiger partial charge in [0.1, 0.15) is 23.1 Å². The Morgan fingerprint density at radius 2 is 1.63 bits per heavy atom. The number of rotatable bonds is 5. The Labute approximate surface area is 173 Å². The van der Waals surface area contributed by atoms with Crippen LogP contribution < -0.4 is 9.46 Å². The molecule has 0 amide bonds. The van der Waals surface area contributed by atoms with E-state index in [1.54, 1.807) is 0 Å². The summed E-state index contributed by atoms with van der Waals surface area (Å²) < 4.78 is 85.8. The van der Waals surface area contributed by atoms with E-state index in [4.69, 9.17) is 4.74 Å². The molecule has 0 aliphatic carbocycles. The molecule has 0 unspecified atom stereocenters. The maximum absolute atomic E-state index is 13.0. The molecular formula is C17H8F6N4OS2. The molecule has 156 valence electrons. The number of nitrogens with zero attached hydrogens (tertiary/aromatic N) is 3. The Morgan fingerprint density at radius 3 is 2.17 bits per heavy atom. The second-order valence-corrected chi connectivity index (χ2v) is 7.24. The summed E-state index contributed by atoms with van der Waals surface area (Å²) in [7, 11) is 0. The van der Waals surface area contributed by atoms with Crippen LogP contribution in [0.5, 0.6) is 11.5 Å². The van der Waals surface area contributed by atoms with Crippen molar-refractivity contribution in [2.75, 3.05) is 4.72 Å². The van der Waals surface area contributed by atoms with Crippen LogP contribution in [0, 0.1) is 11.3 Å². The van der Waals surface area contributed by atoms with E-state index in [0.717, 1.165) is 11.9 Å². The van der Waals surface area contributed by atoms with Crippen LogP contribution >= 0.6 is 23.3 Å². The third-order valence-electron chi connectivity index (χ3n) is 3.48. The number of halogens is 6. The molecule has 1 aromatic heterocycles. The molecule has 0 saturated carbocycles. The van der Waals surface area contributed by atoms with Crippen molar-refractivity contribution in [3.63, 3.8) is 0 Å². The number of anilines is 1. The summed E-state index contributed by atoms with van der Waals surface area (Å²) in [4.78, 5) is 0.445. The van der Waals surface area contributed by atoms with Crippen molar-refractivity contribution < 1.29 is 31.1 Å². The zero-order valence-corrected chi connectivity index (χ0v) is 16.0. The summed E-state index contributed by atoms with van der Waals surface area (Å²) in [6.45, 7) is 0. The van der Waals surface area contributed by atoms with Gasteiger partial charge in [0.15, 0.2) is 0 Å². The highest BCUT2D eigenvalue weighted by molar-refractivity contribution is 8.00. The molecule has 3 rings (SSSR count). The lowest BCUT2D eigenvalue weighted by Gasteiger charge is -2.15. The molecule has 0 radical (unpaired) electrons. The highest BCUT2D eigenvalue weighted by atomic mass is 32.2. The third-order valence-corrected chi connectivity index (χ3v) is 5.08. The van der Waals surface area contributed by atoms with E-state index in [1.807, 2.05) is 6.07 Å². The summed E-state index contributed by atoms with van der Waals surface area (Å²) in [5, 5.41) is 17.2. The monoisotopic (exact) mass is 462 g/mol. The number of aromatic nitrogens is 2. The second kappa shape index (κ2) is 8.41. The van der Waals surface area contributed by atoms with Crippen molar-refractivity contribution >= 4 is 28.4 Å². The van der Waals surface area contributed by atoms with Crippen LogP contribution in [0.4, 0.5) is 31.5 Å². The molecule has 0 fully saturated rings. The van der Waals surface area contributed by atoms with Gasteiger partial charge in [0.25, 0.3) is 0 Å². The van der Waals surface area contributed by atoms with E-state index in [1.165, 1.54) is 35.0 Å². The van der Waals surface area contributed by atoms with Crippen molar-refractivity contribution in [1.82, 2.24) is 10.2 Å². The van der Waals surface area contributed by atoms with Crippen molar-refractivity contribution in [2.45, 2.75) is 17.2 Å². The zero-order valence-electron chi connectivity index (χ0n) is 14.4. The first-order chi connectivity index (χ1) is 14.1. The van der Waals surface area contributed by atoms with Crippen LogP contribution in [0.2, 0.25) is 0 Å². The van der Waals surface area contributed by atoms with Gasteiger partial charge in [-0.3, -0.25) is 0 Å². The minimum Gasteiger partial charge on any atom is -0.457 e. The first-order valence-electron chi connectivity index (χ1n) is 7.77. The van der Waals surface area contributed by atoms with E-state index in [0.29, 0.717) is 22.2 Å². The molecule has 2 aromatic carbocycles. The molecule has 30 heavy (non-hydrogen) atoms. The number of nitriles is 1. The molecule has 3 aromatic rings. The summed E-state index contributed by atoms with van der Waals surface area (Å²) in [6, 6.07) is 6.77. The van der Waals surface area contributed by atoms with E-state index >= 15 is 0 Å². The Bertz CT molecular complexity index is 1050. The van der Waals surface area contributed by atoms with Crippen LogP contribution in [0.3, 0.4) is 0 Å². The minimum atomic E-state index is -4.99. The number of benzene rings is 2. The van der Waals surface area contributed by atoms with Crippen LogP contribution in [0.25, 0.3) is 0 Å². The van der Waals surface area contributed by atoms with Crippen LogP contribution in [0.15, 0.2) is 46.8 Å². The third kappa shape index (κ3) is 5.33. The minimum absolute atomic E-state index is 0.00639. The van der Waals surface area contributed by atoms with Crippen molar-refractivity contribution in [3.05, 3.63) is 58.6 Å². The predicted molar refractivity (Wildman–Crippen MR) is 97.1 cm³/mol. The first-order valence-corrected chi connectivity index (χ1v) is 9.46. The van der Waals surface area contributed by atoms with Gasteiger partial charge < -0.3 is 9.46 Å². The van der Waals surface area contributed by atoms with E-state index in [2.05, 4.69) is 14.9 Å². The fourth-order valence-electron chi connectivity index (χ4n) is 2.19. The van der Waals surface area contributed by atoms with Gasteiger partial charge in [-0.25, -0.2) is 0 Å². The maximum atomic E-state index is 13.0. The molecule has 0 atom stereocenters. The highest BCUT2D eigenvalue weighted by Crippen LogP contribution is 2.39. The molecule has 0 bridgehead atoms. The van der Waals surface area contributed by atoms with E-state index in [9.17, 15) is 31.6 Å². The van der Waals surface area contributed by atoms with Crippen molar-refractivity contribution in [2.24, 2.45) is 0 Å². The van der Waals surface area contributed by atoms with Crippen molar-refractivity contribution in [1.29, 1.82) is 5.26 Å². The smallest absolute Gasteiger partial charge is 0.416 e. The highest BCUT2D eigenvalue weighted by Gasteiger charge is 2.37. The first kappa shape index (κ1) is 21.7. The van der Waals surface area contributed by atoms with Crippen molar-refractivity contribution in [3.8, 4) is 17.6 Å². The quantitative estimate of drug-likeness (QED) is 0.352. The molecule has 13 heteroatoms. The lowest BCUT2D eigenvalue weighted by atomic mass is 10.1. The molecular weight excluding hydrogens is 454 g/mol. The zero-order chi connectivity index (χ0) is 21.9. The Kier molecular flexibility index (Phi) is 6.09. The van der Waals surface area contributed by atoms with Gasteiger partial charge >= 0.3 is 12.4 Å². The van der Waals surface area contributed by atoms with Gasteiger partial charge in [0, 0.05) is 4.90 Å². The fourth-order valence-corrected chi connectivity index (χ4v) is 3.38. The number of ether oxygens (including phenoxy) is 1. The molecule has 0 aliphatic heterocycles. The van der Waals surface area contributed by atoms with Gasteiger partial charge in [-0.1, -0.05) is 11.3 Å². The van der Waals surface area contributed by atoms with Gasteiger partial charge in [-0.15, -0.1) is 10.2 Å². The lowest BCUT2D eigenvalue weighted by molar-refractivity contribution is -0.143. The predicted octanol–water partition coefficient (Wildman–Crippen LogP) is 6.36. The average Bonchev–Trinajstić information content (AvgIpc) is 3.19. The fraction of sp³-hybridized carbons (Fsp3) is 0.118. The SMILES string of the molecule is N#Cc1cc(Oc2cc(C(F)(F)F)cc(C(F)(F)F)c2)ccc1SNc1nncs1. The molecule has 0 saturated heterocycles. The van der Waals surface area contributed by atoms with Crippen LogP contribution in [0.1, 0.15) is 16.7 Å². The van der Waals surface area contributed by atoms with Gasteiger partial charge in [0.2, 0.25) is 5.13 Å². The molecule has 0 aliphatic rings. The second-order valence-electron chi connectivity index (χ2n) is 5.56. The Morgan fingerprint density at radius 1 is 0.967 bits per heavy atom. The molecule has 5 nitrogen and oxygen atoms in total. The molecule has 1 N–H and O–H groups in total. The van der Waals surface area contributed by atoms with E-state index in [-0.39, 0.29) is 17.4 Å². The number of hydrogen-bond acceptors (Lipinski definition) is 7. The largest absolute Gasteiger partial charge is 0.457 e. The Balaban J connectivity index is 1.87. The normalized spacial score (nSPS) is 11.8. The average molecular weight is 462 g/mol. The molecule has 0 spiro atoms. The summed E-state index contributed by atoms with van der Waals surface area (Å²) >= 11 is 2.26. The van der Waals surface area contributed by atoms with Gasteiger partial charge in [0.05, 0.1) is 16.7 Å². The topological polar surface area (TPSA) is 70.8 Å².